The van der Waals surface area contributed by atoms with Gasteiger partial charge in [-0.05, 0) is 56.8 Å². The summed E-state index contributed by atoms with van der Waals surface area (Å²) in [5.74, 6) is 0.290. The van der Waals surface area contributed by atoms with Crippen molar-refractivity contribution in [2.45, 2.75) is 38.1 Å². The molecule has 126 valence electrons. The van der Waals surface area contributed by atoms with Crippen molar-refractivity contribution in [3.63, 3.8) is 0 Å². The van der Waals surface area contributed by atoms with E-state index in [0.29, 0.717) is 12.3 Å². The molecule has 1 fully saturated rings. The number of carbonyl (C=O) groups excluding carboxylic acids is 1. The van der Waals surface area contributed by atoms with Gasteiger partial charge in [0.2, 0.25) is 5.91 Å². The molecule has 4 nitrogen and oxygen atoms in total. The van der Waals surface area contributed by atoms with E-state index in [1.807, 2.05) is 13.1 Å². The minimum atomic E-state index is 0. The van der Waals surface area contributed by atoms with Crippen molar-refractivity contribution >= 4 is 29.2 Å². The van der Waals surface area contributed by atoms with Crippen LogP contribution in [0.15, 0.2) is 30.3 Å². The Bertz CT molecular complexity index is 607. The summed E-state index contributed by atoms with van der Waals surface area (Å²) in [6, 6.07) is 10.7. The fourth-order valence-corrected chi connectivity index (χ4v) is 3.39. The lowest BCUT2D eigenvalue weighted by molar-refractivity contribution is -0.135. The van der Waals surface area contributed by atoms with E-state index in [1.54, 1.807) is 0 Å². The lowest BCUT2D eigenvalue weighted by Crippen LogP contribution is -2.38. The molecular weight excluding hydrogens is 310 g/mol. The predicted octanol–water partition coefficient (Wildman–Crippen LogP) is 3.64. The summed E-state index contributed by atoms with van der Waals surface area (Å²) in [6.07, 6.45) is 4.92. The number of amides is 1. The van der Waals surface area contributed by atoms with Crippen molar-refractivity contribution in [1.29, 1.82) is 0 Å². The number of benzene rings is 1. The van der Waals surface area contributed by atoms with Crippen LogP contribution >= 0.6 is 12.4 Å². The molecule has 2 aromatic rings. The number of hydrogen-bond acceptors (Lipinski definition) is 2. The standard InChI is InChI=1S/C18H25N3O.ClH/c1-19-11-6-10-18(22)21-12-5-4-9-17(21)16-13-14-7-2-3-8-15(14)20-16;/h2-3,7-8,13,17,19-20H,4-6,9-12H2,1H3;1H. The molecule has 1 saturated heterocycles. The molecule has 1 atom stereocenters. The average molecular weight is 336 g/mol. The highest BCUT2D eigenvalue weighted by Crippen LogP contribution is 2.32. The van der Waals surface area contributed by atoms with Crippen LogP contribution in [-0.2, 0) is 4.79 Å². The van der Waals surface area contributed by atoms with Gasteiger partial charge < -0.3 is 15.2 Å². The molecular formula is C18H26ClN3O. The minimum absolute atomic E-state index is 0. The van der Waals surface area contributed by atoms with Gasteiger partial charge in [-0.25, -0.2) is 0 Å². The Hall–Kier alpha value is -1.52. The SMILES string of the molecule is CNCCCC(=O)N1CCCCC1c1cc2ccccc2[nH]1.Cl. The number of rotatable bonds is 5. The molecule has 1 aromatic heterocycles. The fraction of sp³-hybridized carbons (Fsp3) is 0.500. The van der Waals surface area contributed by atoms with Crippen LogP contribution in [0.5, 0.6) is 0 Å². The van der Waals surface area contributed by atoms with Crippen molar-refractivity contribution in [1.82, 2.24) is 15.2 Å². The van der Waals surface area contributed by atoms with Crippen LogP contribution in [0.1, 0.15) is 43.8 Å². The van der Waals surface area contributed by atoms with Gasteiger partial charge in [-0.1, -0.05) is 18.2 Å². The zero-order chi connectivity index (χ0) is 15.4. The van der Waals surface area contributed by atoms with Crippen molar-refractivity contribution in [3.8, 4) is 0 Å². The number of H-pyrrole nitrogens is 1. The number of carbonyl (C=O) groups is 1. The Balaban J connectivity index is 0.00000192. The topological polar surface area (TPSA) is 48.1 Å². The van der Waals surface area contributed by atoms with Crippen LogP contribution in [0.25, 0.3) is 10.9 Å². The lowest BCUT2D eigenvalue weighted by atomic mass is 9.98. The van der Waals surface area contributed by atoms with Gasteiger partial charge in [-0.2, -0.15) is 0 Å². The first-order valence-corrected chi connectivity index (χ1v) is 8.31. The second-order valence-electron chi connectivity index (χ2n) is 6.12. The van der Waals surface area contributed by atoms with E-state index in [1.165, 1.54) is 17.5 Å². The van der Waals surface area contributed by atoms with E-state index in [9.17, 15) is 4.79 Å². The molecule has 0 aliphatic carbocycles. The summed E-state index contributed by atoms with van der Waals surface area (Å²) < 4.78 is 0. The summed E-state index contributed by atoms with van der Waals surface area (Å²) in [6.45, 7) is 1.79. The Morgan fingerprint density at radius 2 is 2.17 bits per heavy atom. The highest BCUT2D eigenvalue weighted by molar-refractivity contribution is 5.85. The van der Waals surface area contributed by atoms with Gasteiger partial charge in [0.15, 0.2) is 0 Å². The van der Waals surface area contributed by atoms with Crippen LogP contribution in [0.2, 0.25) is 0 Å². The third kappa shape index (κ3) is 4.06. The first-order chi connectivity index (χ1) is 10.8. The van der Waals surface area contributed by atoms with Gasteiger partial charge >= 0.3 is 0 Å². The molecule has 1 aliphatic heterocycles. The molecule has 1 unspecified atom stereocenters. The fourth-order valence-electron chi connectivity index (χ4n) is 3.39. The number of aromatic amines is 1. The zero-order valence-electron chi connectivity index (χ0n) is 13.7. The smallest absolute Gasteiger partial charge is 0.223 e. The third-order valence-corrected chi connectivity index (χ3v) is 4.55. The number of para-hydroxylation sites is 1. The van der Waals surface area contributed by atoms with E-state index >= 15 is 0 Å². The molecule has 23 heavy (non-hydrogen) atoms. The van der Waals surface area contributed by atoms with Gasteiger partial charge in [0.1, 0.15) is 0 Å². The molecule has 0 spiro atoms. The maximum absolute atomic E-state index is 12.6. The van der Waals surface area contributed by atoms with Gasteiger partial charge in [0.25, 0.3) is 0 Å². The van der Waals surface area contributed by atoms with Crippen LogP contribution in [-0.4, -0.2) is 35.9 Å². The molecule has 0 saturated carbocycles. The monoisotopic (exact) mass is 335 g/mol. The van der Waals surface area contributed by atoms with E-state index in [-0.39, 0.29) is 18.4 Å². The number of piperidine rings is 1. The predicted molar refractivity (Wildman–Crippen MR) is 97.0 cm³/mol. The Labute approximate surface area is 144 Å². The van der Waals surface area contributed by atoms with E-state index in [2.05, 4.69) is 39.5 Å². The number of nitrogens with zero attached hydrogens (tertiary/aromatic N) is 1. The van der Waals surface area contributed by atoms with E-state index in [0.717, 1.165) is 37.9 Å². The number of aromatic nitrogens is 1. The summed E-state index contributed by atoms with van der Waals surface area (Å²) in [4.78, 5) is 18.2. The van der Waals surface area contributed by atoms with Crippen molar-refractivity contribution in [2.75, 3.05) is 20.1 Å². The van der Waals surface area contributed by atoms with Crippen LogP contribution in [0.3, 0.4) is 0 Å². The Kier molecular flexibility index (Phi) is 6.48. The quantitative estimate of drug-likeness (QED) is 0.819. The third-order valence-electron chi connectivity index (χ3n) is 4.55. The number of likely N-dealkylation sites (tertiary alicyclic amines) is 1. The van der Waals surface area contributed by atoms with Gasteiger partial charge in [0, 0.05) is 24.2 Å². The molecule has 2 N–H and O–H groups in total. The number of nitrogens with one attached hydrogen (secondary N) is 2. The average Bonchev–Trinajstić information content (AvgIpc) is 2.99. The summed E-state index contributed by atoms with van der Waals surface area (Å²) in [5.41, 5.74) is 2.34. The van der Waals surface area contributed by atoms with Crippen LogP contribution < -0.4 is 5.32 Å². The minimum Gasteiger partial charge on any atom is -0.357 e. The van der Waals surface area contributed by atoms with E-state index in [4.69, 9.17) is 0 Å². The molecule has 1 aliphatic rings. The van der Waals surface area contributed by atoms with Gasteiger partial charge in [-0.15, -0.1) is 12.4 Å². The molecule has 0 bridgehead atoms. The summed E-state index contributed by atoms with van der Waals surface area (Å²) >= 11 is 0. The van der Waals surface area contributed by atoms with Gasteiger partial charge in [0.05, 0.1) is 6.04 Å². The van der Waals surface area contributed by atoms with Crippen molar-refractivity contribution < 1.29 is 4.79 Å². The van der Waals surface area contributed by atoms with Crippen molar-refractivity contribution in [3.05, 3.63) is 36.0 Å². The maximum Gasteiger partial charge on any atom is 0.223 e. The highest BCUT2D eigenvalue weighted by atomic mass is 35.5. The van der Waals surface area contributed by atoms with Crippen LogP contribution in [0.4, 0.5) is 0 Å². The lowest BCUT2D eigenvalue weighted by Gasteiger charge is -2.35. The molecule has 2 heterocycles. The van der Waals surface area contributed by atoms with Crippen LogP contribution in [0, 0.1) is 0 Å². The van der Waals surface area contributed by atoms with E-state index < -0.39 is 0 Å². The molecule has 1 aromatic carbocycles. The number of halogens is 1. The zero-order valence-corrected chi connectivity index (χ0v) is 14.5. The number of hydrogen-bond donors (Lipinski definition) is 2. The van der Waals surface area contributed by atoms with Crippen molar-refractivity contribution in [2.24, 2.45) is 0 Å². The first-order valence-electron chi connectivity index (χ1n) is 8.31. The first kappa shape index (κ1) is 17.8. The molecule has 0 radical (unpaired) electrons. The number of fused-ring (bicyclic) bond motifs is 1. The largest absolute Gasteiger partial charge is 0.357 e. The van der Waals surface area contributed by atoms with Gasteiger partial charge in [-0.3, -0.25) is 4.79 Å². The summed E-state index contributed by atoms with van der Waals surface area (Å²) in [7, 11) is 1.93. The second-order valence-corrected chi connectivity index (χ2v) is 6.12. The molecule has 3 rings (SSSR count). The molecule has 1 amide bonds. The Morgan fingerprint density at radius 3 is 2.96 bits per heavy atom. The highest BCUT2D eigenvalue weighted by Gasteiger charge is 2.28. The second kappa shape index (κ2) is 8.37. The molecule has 5 heteroatoms. The normalized spacial score (nSPS) is 18.0. The summed E-state index contributed by atoms with van der Waals surface area (Å²) in [5, 5.41) is 4.34. The maximum atomic E-state index is 12.6. The Morgan fingerprint density at radius 1 is 1.35 bits per heavy atom.